The molecule has 2 aromatic rings. The van der Waals surface area contributed by atoms with Gasteiger partial charge in [0.1, 0.15) is 12.4 Å². The number of methoxy groups -OCH3 is 1. The Morgan fingerprint density at radius 2 is 1.77 bits per heavy atom. The molecule has 0 saturated heterocycles. The molecular formula is C21H27NO4. The molecule has 0 radical (unpaired) electrons. The molecular weight excluding hydrogens is 330 g/mol. The van der Waals surface area contributed by atoms with Crippen LogP contribution < -0.4 is 19.5 Å². The summed E-state index contributed by atoms with van der Waals surface area (Å²) in [6.45, 7) is 6.77. The van der Waals surface area contributed by atoms with E-state index in [1.807, 2.05) is 57.2 Å². The van der Waals surface area contributed by atoms with Gasteiger partial charge in [-0.25, -0.2) is 0 Å². The fourth-order valence-electron chi connectivity index (χ4n) is 2.43. The molecule has 140 valence electrons. The molecule has 0 aromatic heterocycles. The van der Waals surface area contributed by atoms with Gasteiger partial charge >= 0.3 is 0 Å². The van der Waals surface area contributed by atoms with E-state index in [9.17, 15) is 4.79 Å². The first-order valence-electron chi connectivity index (χ1n) is 8.91. The van der Waals surface area contributed by atoms with E-state index in [0.29, 0.717) is 29.4 Å². The monoisotopic (exact) mass is 357 g/mol. The fourth-order valence-corrected chi connectivity index (χ4v) is 2.43. The van der Waals surface area contributed by atoms with Crippen molar-refractivity contribution in [3.63, 3.8) is 0 Å². The highest BCUT2D eigenvalue weighted by atomic mass is 16.5. The summed E-state index contributed by atoms with van der Waals surface area (Å²) in [5.41, 5.74) is 1.40. The van der Waals surface area contributed by atoms with E-state index >= 15 is 0 Å². The largest absolute Gasteiger partial charge is 0.493 e. The number of carbonyl (C=O) groups is 1. The molecule has 0 bridgehead atoms. The lowest BCUT2D eigenvalue weighted by Crippen LogP contribution is -2.32. The van der Waals surface area contributed by atoms with E-state index in [2.05, 4.69) is 5.32 Å². The maximum Gasteiger partial charge on any atom is 0.251 e. The first-order chi connectivity index (χ1) is 12.6. The van der Waals surface area contributed by atoms with Crippen molar-refractivity contribution in [1.82, 2.24) is 5.32 Å². The number of para-hydroxylation sites is 2. The molecule has 0 heterocycles. The average molecular weight is 357 g/mol. The van der Waals surface area contributed by atoms with Gasteiger partial charge in [-0.2, -0.15) is 0 Å². The van der Waals surface area contributed by atoms with Crippen LogP contribution in [0.3, 0.4) is 0 Å². The molecule has 0 spiro atoms. The van der Waals surface area contributed by atoms with Crippen molar-refractivity contribution < 1.29 is 19.0 Å². The zero-order chi connectivity index (χ0) is 18.9. The quantitative estimate of drug-likeness (QED) is 0.731. The van der Waals surface area contributed by atoms with Gasteiger partial charge in [0.15, 0.2) is 11.5 Å². The molecule has 0 fully saturated rings. The van der Waals surface area contributed by atoms with Gasteiger partial charge in [0.25, 0.3) is 5.91 Å². The lowest BCUT2D eigenvalue weighted by Gasteiger charge is -2.16. The van der Waals surface area contributed by atoms with E-state index in [0.717, 1.165) is 12.0 Å². The second kappa shape index (κ2) is 9.70. The first-order valence-corrected chi connectivity index (χ1v) is 8.91. The van der Waals surface area contributed by atoms with Crippen molar-refractivity contribution in [2.45, 2.75) is 39.8 Å². The van der Waals surface area contributed by atoms with Crippen molar-refractivity contribution in [2.24, 2.45) is 0 Å². The van der Waals surface area contributed by atoms with Gasteiger partial charge in [-0.3, -0.25) is 4.79 Å². The molecule has 0 unspecified atom stereocenters. The normalized spacial score (nSPS) is 11.5. The summed E-state index contributed by atoms with van der Waals surface area (Å²) in [5.74, 6) is 1.92. The summed E-state index contributed by atoms with van der Waals surface area (Å²) in [7, 11) is 1.60. The van der Waals surface area contributed by atoms with Crippen molar-refractivity contribution in [2.75, 3.05) is 13.7 Å². The van der Waals surface area contributed by atoms with Gasteiger partial charge in [-0.1, -0.05) is 19.1 Å². The molecule has 5 heteroatoms. The van der Waals surface area contributed by atoms with Gasteiger partial charge in [-0.15, -0.1) is 0 Å². The van der Waals surface area contributed by atoms with E-state index in [-0.39, 0.29) is 18.6 Å². The Kier molecular flexibility index (Phi) is 7.33. The van der Waals surface area contributed by atoms with Crippen molar-refractivity contribution in [1.29, 1.82) is 0 Å². The zero-order valence-corrected chi connectivity index (χ0v) is 15.9. The van der Waals surface area contributed by atoms with Crippen LogP contribution in [0.4, 0.5) is 0 Å². The summed E-state index contributed by atoms with van der Waals surface area (Å²) in [5, 5.41) is 2.98. The predicted octanol–water partition coefficient (Wildman–Crippen LogP) is 4.20. The molecule has 1 amide bonds. The summed E-state index contributed by atoms with van der Waals surface area (Å²) < 4.78 is 16.9. The minimum absolute atomic E-state index is 0.0964. The number of benzene rings is 2. The van der Waals surface area contributed by atoms with Crippen LogP contribution in [-0.4, -0.2) is 25.7 Å². The molecule has 0 aliphatic heterocycles. The smallest absolute Gasteiger partial charge is 0.251 e. The number of rotatable bonds is 9. The van der Waals surface area contributed by atoms with E-state index in [4.69, 9.17) is 14.2 Å². The van der Waals surface area contributed by atoms with Gasteiger partial charge in [0.2, 0.25) is 0 Å². The van der Waals surface area contributed by atoms with Crippen molar-refractivity contribution >= 4 is 5.91 Å². The Balaban J connectivity index is 2.21. The lowest BCUT2D eigenvalue weighted by molar-refractivity contribution is 0.0939. The molecule has 0 aliphatic rings. The number of ether oxygens (including phenoxy) is 3. The Bertz CT molecular complexity index is 730. The number of carbonyl (C=O) groups excluding carboxylic acids is 1. The van der Waals surface area contributed by atoms with Crippen LogP contribution in [0.1, 0.15) is 43.1 Å². The molecule has 2 aromatic carbocycles. The van der Waals surface area contributed by atoms with Gasteiger partial charge in [0, 0.05) is 17.2 Å². The van der Waals surface area contributed by atoms with Gasteiger partial charge in [-0.05, 0) is 50.6 Å². The molecule has 1 N–H and O–H groups in total. The van der Waals surface area contributed by atoms with Gasteiger partial charge < -0.3 is 19.5 Å². The van der Waals surface area contributed by atoms with E-state index < -0.39 is 0 Å². The number of nitrogens with one attached hydrogen (secondary N) is 1. The van der Waals surface area contributed by atoms with E-state index in [1.54, 1.807) is 13.2 Å². The molecule has 1 atom stereocenters. The van der Waals surface area contributed by atoms with Crippen LogP contribution >= 0.6 is 0 Å². The first kappa shape index (κ1) is 19.6. The van der Waals surface area contributed by atoms with E-state index in [1.165, 1.54) is 0 Å². The standard InChI is InChI=1S/C21H27NO4/c1-5-15(3)22-21(23)16-11-12-18(25-6-2)17(13-16)14-26-20-10-8-7-9-19(20)24-4/h7-13,15H,5-6,14H2,1-4H3,(H,22,23)/t15-/m0/s1. The Labute approximate surface area is 155 Å². The molecule has 0 saturated carbocycles. The van der Waals surface area contributed by atoms with Crippen LogP contribution in [0.25, 0.3) is 0 Å². The highest BCUT2D eigenvalue weighted by molar-refractivity contribution is 5.94. The predicted molar refractivity (Wildman–Crippen MR) is 102 cm³/mol. The van der Waals surface area contributed by atoms with Crippen LogP contribution in [0.5, 0.6) is 17.2 Å². The minimum atomic E-state index is -0.0964. The average Bonchev–Trinajstić information content (AvgIpc) is 2.67. The molecule has 0 aliphatic carbocycles. The van der Waals surface area contributed by atoms with Crippen LogP contribution in [0.15, 0.2) is 42.5 Å². The summed E-state index contributed by atoms with van der Waals surface area (Å²) >= 11 is 0. The number of hydrogen-bond donors (Lipinski definition) is 1. The topological polar surface area (TPSA) is 56.8 Å². The Hall–Kier alpha value is -2.69. The van der Waals surface area contributed by atoms with Gasteiger partial charge in [0.05, 0.1) is 13.7 Å². The zero-order valence-electron chi connectivity index (χ0n) is 15.9. The Morgan fingerprint density at radius 1 is 1.04 bits per heavy atom. The second-order valence-electron chi connectivity index (χ2n) is 5.98. The maximum absolute atomic E-state index is 12.4. The Morgan fingerprint density at radius 3 is 2.42 bits per heavy atom. The molecule has 5 nitrogen and oxygen atoms in total. The maximum atomic E-state index is 12.4. The van der Waals surface area contributed by atoms with Crippen LogP contribution in [-0.2, 0) is 6.61 Å². The fraction of sp³-hybridized carbons (Fsp3) is 0.381. The van der Waals surface area contributed by atoms with Crippen molar-refractivity contribution in [3.05, 3.63) is 53.6 Å². The summed E-state index contributed by atoms with van der Waals surface area (Å²) in [6.07, 6.45) is 0.881. The third-order valence-corrected chi connectivity index (χ3v) is 4.06. The highest BCUT2D eigenvalue weighted by Crippen LogP contribution is 2.28. The lowest BCUT2D eigenvalue weighted by atomic mass is 10.1. The third-order valence-electron chi connectivity index (χ3n) is 4.06. The van der Waals surface area contributed by atoms with Crippen LogP contribution in [0, 0.1) is 0 Å². The molecule has 26 heavy (non-hydrogen) atoms. The second-order valence-corrected chi connectivity index (χ2v) is 5.98. The molecule has 2 rings (SSSR count). The third kappa shape index (κ3) is 5.15. The summed E-state index contributed by atoms with van der Waals surface area (Å²) in [6, 6.07) is 13.0. The van der Waals surface area contributed by atoms with Crippen molar-refractivity contribution in [3.8, 4) is 17.2 Å². The number of amides is 1. The highest BCUT2D eigenvalue weighted by Gasteiger charge is 2.13. The summed E-state index contributed by atoms with van der Waals surface area (Å²) in [4.78, 5) is 12.4. The minimum Gasteiger partial charge on any atom is -0.493 e. The SMILES string of the molecule is CCOc1ccc(C(=O)N[C@@H](C)CC)cc1COc1ccccc1OC. The van der Waals surface area contributed by atoms with Crippen LogP contribution in [0.2, 0.25) is 0 Å². The number of hydrogen-bond acceptors (Lipinski definition) is 4.